The van der Waals surface area contributed by atoms with Gasteiger partial charge in [-0.1, -0.05) is 22.8 Å². The summed E-state index contributed by atoms with van der Waals surface area (Å²) in [4.78, 5) is 16.0. The lowest BCUT2D eigenvalue weighted by atomic mass is 10.1. The Kier molecular flexibility index (Phi) is 3.81. The van der Waals surface area contributed by atoms with E-state index in [2.05, 4.69) is 10.1 Å². The molecule has 2 heterocycles. The molecular formula is C14H12ClFN4O2. The van der Waals surface area contributed by atoms with Crippen LogP contribution < -0.4 is 5.76 Å². The van der Waals surface area contributed by atoms with Gasteiger partial charge < -0.3 is 4.57 Å². The fraction of sp³-hybridized carbons (Fsp3) is 0.214. The molecule has 114 valence electrons. The first-order valence-corrected chi connectivity index (χ1v) is 6.88. The average Bonchev–Trinajstić information content (AvgIpc) is 3.03. The summed E-state index contributed by atoms with van der Waals surface area (Å²) in [6.07, 6.45) is 3.45. The molecule has 0 bridgehead atoms. The lowest BCUT2D eigenvalue weighted by Crippen LogP contribution is -2.20. The SMILES string of the molecule is Cn1ccnc1Cn1c(Cc2c(F)cccc2Cl)noc1=O. The summed E-state index contributed by atoms with van der Waals surface area (Å²) in [7, 11) is 1.81. The molecule has 0 amide bonds. The maximum atomic E-state index is 13.9. The van der Waals surface area contributed by atoms with Crippen LogP contribution in [0.3, 0.4) is 0 Å². The zero-order valence-corrected chi connectivity index (χ0v) is 12.4. The van der Waals surface area contributed by atoms with Gasteiger partial charge in [-0.05, 0) is 12.1 Å². The second kappa shape index (κ2) is 5.76. The molecule has 2 aromatic heterocycles. The van der Waals surface area contributed by atoms with Crippen LogP contribution >= 0.6 is 11.6 Å². The molecule has 0 aliphatic rings. The van der Waals surface area contributed by atoms with Crippen molar-refractivity contribution >= 4 is 11.6 Å². The fourth-order valence-corrected chi connectivity index (χ4v) is 2.36. The summed E-state index contributed by atoms with van der Waals surface area (Å²) in [6, 6.07) is 4.41. The minimum Gasteiger partial charge on any atom is -0.337 e. The Balaban J connectivity index is 1.96. The first kappa shape index (κ1) is 14.5. The zero-order chi connectivity index (χ0) is 15.7. The molecule has 0 N–H and O–H groups in total. The van der Waals surface area contributed by atoms with Crippen molar-refractivity contribution in [2.45, 2.75) is 13.0 Å². The maximum Gasteiger partial charge on any atom is 0.442 e. The second-order valence-electron chi connectivity index (χ2n) is 4.78. The summed E-state index contributed by atoms with van der Waals surface area (Å²) < 4.78 is 21.6. The van der Waals surface area contributed by atoms with Crippen molar-refractivity contribution in [2.75, 3.05) is 0 Å². The number of imidazole rings is 1. The summed E-state index contributed by atoms with van der Waals surface area (Å²) in [6.45, 7) is 0.188. The molecule has 22 heavy (non-hydrogen) atoms. The van der Waals surface area contributed by atoms with Crippen LogP contribution in [0, 0.1) is 5.82 Å². The van der Waals surface area contributed by atoms with Gasteiger partial charge in [0.05, 0.1) is 6.54 Å². The maximum absolute atomic E-state index is 13.9. The normalized spacial score (nSPS) is 11.0. The van der Waals surface area contributed by atoms with Gasteiger partial charge in [-0.15, -0.1) is 0 Å². The molecule has 3 aromatic rings. The molecule has 3 rings (SSSR count). The number of benzene rings is 1. The minimum absolute atomic E-state index is 0.0572. The summed E-state index contributed by atoms with van der Waals surface area (Å²) in [5.74, 6) is -0.122. The lowest BCUT2D eigenvalue weighted by Gasteiger charge is -2.07. The van der Waals surface area contributed by atoms with Crippen LogP contribution in [0.4, 0.5) is 4.39 Å². The van der Waals surface area contributed by atoms with Gasteiger partial charge in [0.25, 0.3) is 0 Å². The Hall–Kier alpha value is -2.41. The zero-order valence-electron chi connectivity index (χ0n) is 11.7. The third-order valence-electron chi connectivity index (χ3n) is 3.38. The van der Waals surface area contributed by atoms with E-state index < -0.39 is 11.6 Å². The van der Waals surface area contributed by atoms with Crippen LogP contribution in [-0.4, -0.2) is 19.3 Å². The Morgan fingerprint density at radius 2 is 2.18 bits per heavy atom. The number of aryl methyl sites for hydroxylation is 1. The topological polar surface area (TPSA) is 65.8 Å². The van der Waals surface area contributed by atoms with E-state index in [1.807, 2.05) is 7.05 Å². The number of aromatic nitrogens is 4. The summed E-state index contributed by atoms with van der Waals surface area (Å²) in [5.41, 5.74) is 0.269. The van der Waals surface area contributed by atoms with Crippen molar-refractivity contribution in [3.63, 3.8) is 0 Å². The molecule has 0 unspecified atom stereocenters. The van der Waals surface area contributed by atoms with E-state index in [4.69, 9.17) is 16.1 Å². The molecule has 0 atom stereocenters. The van der Waals surface area contributed by atoms with Crippen LogP contribution in [0.1, 0.15) is 17.2 Å². The highest BCUT2D eigenvalue weighted by atomic mass is 35.5. The van der Waals surface area contributed by atoms with E-state index in [9.17, 15) is 9.18 Å². The Bertz CT molecular complexity index is 848. The predicted octanol–water partition coefficient (Wildman–Crippen LogP) is 2.00. The fourth-order valence-electron chi connectivity index (χ4n) is 2.13. The molecule has 6 nitrogen and oxygen atoms in total. The van der Waals surface area contributed by atoms with Crippen molar-refractivity contribution < 1.29 is 8.91 Å². The highest BCUT2D eigenvalue weighted by Crippen LogP contribution is 2.21. The predicted molar refractivity (Wildman–Crippen MR) is 77.3 cm³/mol. The number of hydrogen-bond acceptors (Lipinski definition) is 4. The molecule has 0 spiro atoms. The number of nitrogens with zero attached hydrogens (tertiary/aromatic N) is 4. The molecule has 0 saturated heterocycles. The second-order valence-corrected chi connectivity index (χ2v) is 5.19. The molecule has 0 aliphatic carbocycles. The largest absolute Gasteiger partial charge is 0.442 e. The van der Waals surface area contributed by atoms with Gasteiger partial charge in [0.15, 0.2) is 5.82 Å². The van der Waals surface area contributed by atoms with Gasteiger partial charge in [0, 0.05) is 36.4 Å². The molecule has 8 heteroatoms. The average molecular weight is 323 g/mol. The first-order valence-electron chi connectivity index (χ1n) is 6.50. The van der Waals surface area contributed by atoms with Crippen molar-refractivity contribution in [2.24, 2.45) is 7.05 Å². The Labute approximate surface area is 129 Å². The quantitative estimate of drug-likeness (QED) is 0.737. The van der Waals surface area contributed by atoms with Crippen LogP contribution in [0.2, 0.25) is 5.02 Å². The number of halogens is 2. The van der Waals surface area contributed by atoms with Crippen molar-refractivity contribution in [1.29, 1.82) is 0 Å². The standard InChI is InChI=1S/C14H12ClFN4O2/c1-19-6-5-17-13(19)8-20-12(18-22-14(20)21)7-9-10(15)3-2-4-11(9)16/h2-6H,7-8H2,1H3. The van der Waals surface area contributed by atoms with E-state index >= 15 is 0 Å². The minimum atomic E-state index is -0.620. The highest BCUT2D eigenvalue weighted by Gasteiger charge is 2.17. The third-order valence-corrected chi connectivity index (χ3v) is 3.73. The van der Waals surface area contributed by atoms with Gasteiger partial charge in [-0.2, -0.15) is 0 Å². The number of hydrogen-bond donors (Lipinski definition) is 0. The van der Waals surface area contributed by atoms with Crippen LogP contribution in [-0.2, 0) is 20.0 Å². The van der Waals surface area contributed by atoms with Crippen molar-refractivity contribution in [3.8, 4) is 0 Å². The summed E-state index contributed by atoms with van der Waals surface area (Å²) in [5, 5.41) is 3.99. The highest BCUT2D eigenvalue weighted by molar-refractivity contribution is 6.31. The Morgan fingerprint density at radius 1 is 1.36 bits per heavy atom. The molecule has 1 aromatic carbocycles. The van der Waals surface area contributed by atoms with Gasteiger partial charge in [-0.25, -0.2) is 14.2 Å². The van der Waals surface area contributed by atoms with Gasteiger partial charge >= 0.3 is 5.76 Å². The Morgan fingerprint density at radius 3 is 2.86 bits per heavy atom. The van der Waals surface area contributed by atoms with E-state index in [0.29, 0.717) is 11.6 Å². The van der Waals surface area contributed by atoms with Crippen LogP contribution in [0.25, 0.3) is 0 Å². The van der Waals surface area contributed by atoms with Gasteiger partial charge in [0.2, 0.25) is 0 Å². The van der Waals surface area contributed by atoms with Crippen LogP contribution in [0.5, 0.6) is 0 Å². The molecule has 0 radical (unpaired) electrons. The third kappa shape index (κ3) is 2.67. The van der Waals surface area contributed by atoms with Gasteiger partial charge in [0.1, 0.15) is 11.6 Å². The van der Waals surface area contributed by atoms with Crippen molar-refractivity contribution in [3.05, 3.63) is 69.2 Å². The molecule has 0 saturated carbocycles. The van der Waals surface area contributed by atoms with E-state index in [0.717, 1.165) is 0 Å². The monoisotopic (exact) mass is 322 g/mol. The van der Waals surface area contributed by atoms with Gasteiger partial charge in [-0.3, -0.25) is 9.09 Å². The van der Waals surface area contributed by atoms with Crippen LogP contribution in [0.15, 0.2) is 39.9 Å². The van der Waals surface area contributed by atoms with E-state index in [-0.39, 0.29) is 23.6 Å². The molecule has 0 aliphatic heterocycles. The number of rotatable bonds is 4. The van der Waals surface area contributed by atoms with Crippen molar-refractivity contribution in [1.82, 2.24) is 19.3 Å². The molecule has 0 fully saturated rings. The van der Waals surface area contributed by atoms with E-state index in [1.165, 1.54) is 16.7 Å². The lowest BCUT2D eigenvalue weighted by molar-refractivity contribution is 0.374. The van der Waals surface area contributed by atoms with E-state index in [1.54, 1.807) is 23.0 Å². The first-order chi connectivity index (χ1) is 10.6. The summed E-state index contributed by atoms with van der Waals surface area (Å²) >= 11 is 6.00. The molecular weight excluding hydrogens is 311 g/mol. The smallest absolute Gasteiger partial charge is 0.337 e.